The van der Waals surface area contributed by atoms with Gasteiger partial charge in [-0.2, -0.15) is 0 Å². The molecule has 9 nitrogen and oxygen atoms in total. The first-order chi connectivity index (χ1) is 23.0. The van der Waals surface area contributed by atoms with E-state index in [-0.39, 0.29) is 48.1 Å². The lowest BCUT2D eigenvalue weighted by atomic mass is 9.41. The number of rotatable bonds is 7. The monoisotopic (exact) mass is 664 g/mol. The predicted octanol–water partition coefficient (Wildman–Crippen LogP) is 5.49. The van der Waals surface area contributed by atoms with Crippen molar-refractivity contribution in [2.45, 2.75) is 146 Å². The van der Waals surface area contributed by atoms with Crippen molar-refractivity contribution in [2.24, 2.45) is 28.6 Å². The number of cyclic esters (lactones) is 1. The summed E-state index contributed by atoms with van der Waals surface area (Å²) in [5, 5.41) is 25.0. The highest BCUT2D eigenvalue weighted by Crippen LogP contribution is 2.70. The van der Waals surface area contributed by atoms with Crippen molar-refractivity contribution in [1.29, 1.82) is 0 Å². The van der Waals surface area contributed by atoms with Gasteiger partial charge >= 0.3 is 5.97 Å². The van der Waals surface area contributed by atoms with Crippen LogP contribution in [-0.4, -0.2) is 71.0 Å². The third-order valence-electron chi connectivity index (χ3n) is 14.3. The first kappa shape index (κ1) is 33.0. The van der Waals surface area contributed by atoms with Gasteiger partial charge in [0.1, 0.15) is 19.0 Å². The first-order valence-corrected chi connectivity index (χ1v) is 18.5. The molecule has 0 aromatic heterocycles. The van der Waals surface area contributed by atoms with Crippen molar-refractivity contribution in [1.82, 2.24) is 0 Å². The minimum absolute atomic E-state index is 0.0820. The Morgan fingerprint density at radius 2 is 1.79 bits per heavy atom. The SMILES string of the molecule is CCCC1(c2ccccc2)OC2C[C@H](O[C@H]3CC[C@]4(C=O)C5CC[C@]6(C)[C@@H](C7=CC(=O)OC7)CC[C@]6(O)C5CC[C@]4(O)C3)OC(C)[C@H]2O1. The van der Waals surface area contributed by atoms with Gasteiger partial charge in [0.05, 0.1) is 34.9 Å². The van der Waals surface area contributed by atoms with E-state index in [2.05, 4.69) is 26.0 Å². The summed E-state index contributed by atoms with van der Waals surface area (Å²) in [6.07, 6.45) is 9.03. The molecule has 48 heavy (non-hydrogen) atoms. The molecule has 262 valence electrons. The Bertz CT molecular complexity index is 1450. The molecule has 1 aromatic rings. The van der Waals surface area contributed by atoms with Crippen molar-refractivity contribution >= 4 is 12.3 Å². The maximum absolute atomic E-state index is 13.3. The van der Waals surface area contributed by atoms with Crippen molar-refractivity contribution in [3.8, 4) is 0 Å². The van der Waals surface area contributed by atoms with Crippen molar-refractivity contribution in [3.05, 3.63) is 47.5 Å². The van der Waals surface area contributed by atoms with Gasteiger partial charge in [0.2, 0.25) is 0 Å². The average molecular weight is 665 g/mol. The molecule has 8 rings (SSSR count). The van der Waals surface area contributed by atoms with Gasteiger partial charge in [-0.25, -0.2) is 4.79 Å². The number of carbonyl (C=O) groups is 2. The Hall–Kier alpha value is -2.14. The summed E-state index contributed by atoms with van der Waals surface area (Å²) in [5.74, 6) is -1.22. The number of benzene rings is 1. The molecule has 2 N–H and O–H groups in total. The van der Waals surface area contributed by atoms with Gasteiger partial charge in [-0.15, -0.1) is 0 Å². The summed E-state index contributed by atoms with van der Waals surface area (Å²) in [6, 6.07) is 10.1. The summed E-state index contributed by atoms with van der Waals surface area (Å²) in [4.78, 5) is 25.2. The van der Waals surface area contributed by atoms with Gasteiger partial charge in [-0.3, -0.25) is 0 Å². The fourth-order valence-corrected chi connectivity index (χ4v) is 11.9. The first-order valence-electron chi connectivity index (χ1n) is 18.5. The Kier molecular flexibility index (Phi) is 8.06. The smallest absolute Gasteiger partial charge is 0.331 e. The maximum Gasteiger partial charge on any atom is 0.331 e. The van der Waals surface area contributed by atoms with Crippen molar-refractivity contribution in [3.63, 3.8) is 0 Å². The van der Waals surface area contributed by atoms with Crippen LogP contribution in [0.5, 0.6) is 0 Å². The number of hydrogen-bond acceptors (Lipinski definition) is 9. The molecular formula is C39H52O9. The van der Waals surface area contributed by atoms with E-state index in [9.17, 15) is 19.8 Å². The van der Waals surface area contributed by atoms with E-state index in [1.165, 1.54) is 0 Å². The Morgan fingerprint density at radius 3 is 2.52 bits per heavy atom. The number of aliphatic hydroxyl groups is 2. The van der Waals surface area contributed by atoms with E-state index in [0.29, 0.717) is 51.6 Å². The van der Waals surface area contributed by atoms with E-state index in [4.69, 9.17) is 23.7 Å². The second kappa shape index (κ2) is 11.7. The quantitative estimate of drug-likeness (QED) is 0.221. The average Bonchev–Trinajstić information content (AvgIpc) is 3.75. The lowest BCUT2D eigenvalue weighted by molar-refractivity contribution is -0.278. The lowest BCUT2D eigenvalue weighted by Crippen LogP contribution is -2.69. The summed E-state index contributed by atoms with van der Waals surface area (Å²) < 4.78 is 31.7. The molecule has 0 spiro atoms. The highest BCUT2D eigenvalue weighted by atomic mass is 16.8. The van der Waals surface area contributed by atoms with Crippen LogP contribution in [0.25, 0.3) is 0 Å². The maximum atomic E-state index is 13.3. The van der Waals surface area contributed by atoms with Crippen LogP contribution in [0.3, 0.4) is 0 Å². The summed E-state index contributed by atoms with van der Waals surface area (Å²) in [7, 11) is 0. The van der Waals surface area contributed by atoms with Crippen molar-refractivity contribution in [2.75, 3.05) is 6.61 Å². The van der Waals surface area contributed by atoms with E-state index in [1.807, 2.05) is 25.1 Å². The molecule has 4 aliphatic carbocycles. The van der Waals surface area contributed by atoms with Crippen LogP contribution in [0.1, 0.15) is 103 Å². The summed E-state index contributed by atoms with van der Waals surface area (Å²) >= 11 is 0. The Labute approximate surface area is 283 Å². The third kappa shape index (κ3) is 4.70. The molecule has 7 aliphatic rings. The Morgan fingerprint density at radius 1 is 1.00 bits per heavy atom. The number of carbonyl (C=O) groups excluding carboxylic acids is 2. The van der Waals surface area contributed by atoms with Gasteiger partial charge in [0.25, 0.3) is 0 Å². The van der Waals surface area contributed by atoms with Gasteiger partial charge in [-0.05, 0) is 81.6 Å². The molecule has 0 radical (unpaired) electrons. The molecule has 4 saturated carbocycles. The van der Waals surface area contributed by atoms with Crippen molar-refractivity contribution < 1.29 is 43.5 Å². The van der Waals surface area contributed by atoms with E-state index in [1.54, 1.807) is 6.08 Å². The topological polar surface area (TPSA) is 121 Å². The van der Waals surface area contributed by atoms with Gasteiger partial charge in [0.15, 0.2) is 12.1 Å². The van der Waals surface area contributed by atoms with Gasteiger partial charge < -0.3 is 38.7 Å². The molecule has 3 heterocycles. The zero-order chi connectivity index (χ0) is 33.5. The number of hydrogen-bond donors (Lipinski definition) is 2. The molecular weight excluding hydrogens is 612 g/mol. The zero-order valence-corrected chi connectivity index (χ0v) is 28.6. The predicted molar refractivity (Wildman–Crippen MR) is 174 cm³/mol. The van der Waals surface area contributed by atoms with Crippen LogP contribution >= 0.6 is 0 Å². The van der Waals surface area contributed by atoms with Crippen LogP contribution in [0.2, 0.25) is 0 Å². The second-order valence-electron chi connectivity index (χ2n) is 16.4. The fourth-order valence-electron chi connectivity index (χ4n) is 11.9. The molecule has 6 fully saturated rings. The molecule has 5 unspecified atom stereocenters. The highest BCUT2D eigenvalue weighted by molar-refractivity contribution is 5.85. The molecule has 1 aromatic carbocycles. The van der Waals surface area contributed by atoms with Crippen LogP contribution in [0.15, 0.2) is 42.0 Å². The number of aldehydes is 1. The molecule has 3 aliphatic heterocycles. The second-order valence-corrected chi connectivity index (χ2v) is 16.4. The van der Waals surface area contributed by atoms with Crippen LogP contribution in [0.4, 0.5) is 0 Å². The van der Waals surface area contributed by atoms with Gasteiger partial charge in [0, 0.05) is 36.3 Å². The number of ether oxygens (including phenoxy) is 5. The molecule has 0 bridgehead atoms. The standard InChI is InChI=1S/C39H52O9/c1-4-14-39(26-8-6-5-7-9-26)47-31-20-33(45-24(2)34(31)48-39)46-27-10-16-36(23-40)29-11-15-35(3)28(25-19-32(41)44-22-25)13-18-38(35,43)30(29)12-17-37(36,42)21-27/h5-9,19,23-24,27-31,33-34,42-43H,4,10-18,20-22H2,1-3H3/t24?,27-,28+,29?,30?,31?,33-,34+,35+,36-,37-,38-,39?/m0/s1. The summed E-state index contributed by atoms with van der Waals surface area (Å²) in [6.45, 7) is 6.62. The fraction of sp³-hybridized carbons (Fsp3) is 0.744. The molecule has 0 amide bonds. The molecule has 2 saturated heterocycles. The van der Waals surface area contributed by atoms with Gasteiger partial charge in [-0.1, -0.05) is 50.6 Å². The Balaban J connectivity index is 0.969. The third-order valence-corrected chi connectivity index (χ3v) is 14.3. The zero-order valence-electron chi connectivity index (χ0n) is 28.6. The molecule has 9 heteroatoms. The van der Waals surface area contributed by atoms with Crippen LogP contribution < -0.4 is 0 Å². The van der Waals surface area contributed by atoms with Crippen LogP contribution in [0, 0.1) is 28.6 Å². The largest absolute Gasteiger partial charge is 0.458 e. The van der Waals surface area contributed by atoms with E-state index in [0.717, 1.165) is 49.5 Å². The van der Waals surface area contributed by atoms with Crippen LogP contribution in [-0.2, 0) is 39.1 Å². The number of fused-ring (bicyclic) bond motifs is 6. The highest BCUT2D eigenvalue weighted by Gasteiger charge is 2.71. The normalized spacial score (nSPS) is 49.7. The molecule has 13 atom stereocenters. The minimum Gasteiger partial charge on any atom is -0.458 e. The lowest BCUT2D eigenvalue weighted by Gasteiger charge is -2.65. The number of esters is 1. The van der Waals surface area contributed by atoms with E-state index >= 15 is 0 Å². The summed E-state index contributed by atoms with van der Waals surface area (Å²) in [5.41, 5.74) is -1.50. The minimum atomic E-state index is -1.21. The van der Waals surface area contributed by atoms with E-state index < -0.39 is 34.1 Å².